The molecule has 27 heavy (non-hydrogen) atoms. The second kappa shape index (κ2) is 7.90. The molecule has 2 aliphatic heterocycles. The zero-order chi connectivity index (χ0) is 18.8. The van der Waals surface area contributed by atoms with Crippen molar-refractivity contribution in [2.24, 2.45) is 0 Å². The Bertz CT molecular complexity index is 781. The standard InChI is InChI=1S/C21H27N3O2S/c1-16-19-8-14-27-20(19)7-9-24(16)15-21(25)23-12-10-22(11-13-23)17-3-5-18(26-2)6-4-17/h3-6,8,14,16H,7,9-13,15H2,1-2H3/p+1/t16-/m0/s1. The van der Waals surface area contributed by atoms with Crippen LogP contribution in [-0.4, -0.2) is 57.2 Å². The molecule has 1 saturated heterocycles. The molecule has 0 radical (unpaired) electrons. The van der Waals surface area contributed by atoms with Gasteiger partial charge in [-0.2, -0.15) is 0 Å². The lowest BCUT2D eigenvalue weighted by molar-refractivity contribution is -0.924. The van der Waals surface area contributed by atoms with Crippen molar-refractivity contribution in [2.45, 2.75) is 19.4 Å². The van der Waals surface area contributed by atoms with E-state index in [2.05, 4.69) is 35.4 Å². The highest BCUT2D eigenvalue weighted by Crippen LogP contribution is 2.24. The molecule has 0 saturated carbocycles. The van der Waals surface area contributed by atoms with Crippen molar-refractivity contribution in [3.05, 3.63) is 46.2 Å². The van der Waals surface area contributed by atoms with E-state index in [4.69, 9.17) is 4.74 Å². The number of carbonyl (C=O) groups excluding carboxylic acids is 1. The third-order valence-corrected chi connectivity index (χ3v) is 6.98. The minimum Gasteiger partial charge on any atom is -0.497 e. The largest absolute Gasteiger partial charge is 0.497 e. The zero-order valence-corrected chi connectivity index (χ0v) is 16.9. The molecule has 3 heterocycles. The summed E-state index contributed by atoms with van der Waals surface area (Å²) in [6.07, 6.45) is 1.10. The highest BCUT2D eigenvalue weighted by Gasteiger charge is 2.32. The highest BCUT2D eigenvalue weighted by molar-refractivity contribution is 7.10. The van der Waals surface area contributed by atoms with Crippen LogP contribution in [0.2, 0.25) is 0 Å². The van der Waals surface area contributed by atoms with Gasteiger partial charge in [-0.25, -0.2) is 0 Å². The van der Waals surface area contributed by atoms with Crippen LogP contribution in [0.4, 0.5) is 5.69 Å². The molecule has 1 N–H and O–H groups in total. The van der Waals surface area contributed by atoms with E-state index in [1.807, 2.05) is 28.4 Å². The smallest absolute Gasteiger partial charge is 0.277 e. The number of thiophene rings is 1. The highest BCUT2D eigenvalue weighted by atomic mass is 32.1. The first-order valence-electron chi connectivity index (χ1n) is 9.73. The van der Waals surface area contributed by atoms with Crippen molar-refractivity contribution >= 4 is 22.9 Å². The van der Waals surface area contributed by atoms with Gasteiger partial charge in [0, 0.05) is 48.7 Å². The fourth-order valence-corrected chi connectivity index (χ4v) is 5.18. The van der Waals surface area contributed by atoms with Crippen molar-refractivity contribution in [2.75, 3.05) is 51.3 Å². The number of fused-ring (bicyclic) bond motifs is 1. The fourth-order valence-electron chi connectivity index (χ4n) is 4.20. The molecule has 1 aromatic carbocycles. The van der Waals surface area contributed by atoms with Gasteiger partial charge in [-0.1, -0.05) is 0 Å². The third-order valence-electron chi connectivity index (χ3n) is 5.98. The summed E-state index contributed by atoms with van der Waals surface area (Å²) in [5.74, 6) is 1.17. The van der Waals surface area contributed by atoms with E-state index in [-0.39, 0.29) is 0 Å². The minimum absolute atomic E-state index is 0.296. The molecule has 5 nitrogen and oxygen atoms in total. The number of benzene rings is 1. The first-order chi connectivity index (χ1) is 13.2. The molecule has 144 valence electrons. The second-order valence-corrected chi connectivity index (χ2v) is 8.42. The molecule has 2 aliphatic rings. The number of amides is 1. The van der Waals surface area contributed by atoms with Gasteiger partial charge in [-0.05, 0) is 42.6 Å². The normalized spacial score (nSPS) is 22.4. The van der Waals surface area contributed by atoms with Crippen LogP contribution in [0.5, 0.6) is 5.75 Å². The maximum Gasteiger partial charge on any atom is 0.277 e. The number of nitrogens with one attached hydrogen (secondary N) is 1. The van der Waals surface area contributed by atoms with E-state index >= 15 is 0 Å². The number of methoxy groups -OCH3 is 1. The lowest BCUT2D eigenvalue weighted by Crippen LogP contribution is -3.14. The van der Waals surface area contributed by atoms with Crippen LogP contribution in [-0.2, 0) is 11.2 Å². The summed E-state index contributed by atoms with van der Waals surface area (Å²) in [6, 6.07) is 10.8. The molecular weight excluding hydrogens is 358 g/mol. The SMILES string of the molecule is COc1ccc(N2CCN(C(=O)C[NH+]3CCc4sccc4[C@@H]3C)CC2)cc1. The molecule has 6 heteroatoms. The molecule has 1 aromatic heterocycles. The first-order valence-corrected chi connectivity index (χ1v) is 10.6. The molecule has 2 atom stereocenters. The number of ether oxygens (including phenoxy) is 1. The van der Waals surface area contributed by atoms with Crippen LogP contribution in [0.25, 0.3) is 0 Å². The van der Waals surface area contributed by atoms with Gasteiger partial charge in [0.1, 0.15) is 11.8 Å². The van der Waals surface area contributed by atoms with Crippen LogP contribution in [0, 0.1) is 0 Å². The van der Waals surface area contributed by atoms with Gasteiger partial charge in [-0.15, -0.1) is 11.3 Å². The number of anilines is 1. The van der Waals surface area contributed by atoms with Crippen molar-refractivity contribution in [3.63, 3.8) is 0 Å². The van der Waals surface area contributed by atoms with Crippen LogP contribution in [0.1, 0.15) is 23.4 Å². The van der Waals surface area contributed by atoms with Crippen molar-refractivity contribution in [3.8, 4) is 5.75 Å². The zero-order valence-electron chi connectivity index (χ0n) is 16.1. The maximum atomic E-state index is 12.9. The third kappa shape index (κ3) is 3.82. The summed E-state index contributed by atoms with van der Waals surface area (Å²) in [6.45, 7) is 7.31. The topological polar surface area (TPSA) is 37.2 Å². The van der Waals surface area contributed by atoms with E-state index in [0.29, 0.717) is 18.5 Å². The fraction of sp³-hybridized carbons (Fsp3) is 0.476. The van der Waals surface area contributed by atoms with E-state index < -0.39 is 0 Å². The van der Waals surface area contributed by atoms with Gasteiger partial charge in [0.2, 0.25) is 0 Å². The number of carbonyl (C=O) groups is 1. The quantitative estimate of drug-likeness (QED) is 0.868. The number of quaternary nitrogens is 1. The molecule has 0 spiro atoms. The molecule has 0 bridgehead atoms. The van der Waals surface area contributed by atoms with Crippen LogP contribution < -0.4 is 14.5 Å². The average Bonchev–Trinajstić information content (AvgIpc) is 3.20. The molecule has 1 amide bonds. The van der Waals surface area contributed by atoms with Crippen molar-refractivity contribution < 1.29 is 14.4 Å². The molecular formula is C21H28N3O2S+. The van der Waals surface area contributed by atoms with Crippen LogP contribution in [0.15, 0.2) is 35.7 Å². The molecule has 2 aromatic rings. The Morgan fingerprint density at radius 3 is 2.63 bits per heavy atom. The molecule has 1 unspecified atom stereocenters. The lowest BCUT2D eigenvalue weighted by atomic mass is 10.0. The van der Waals surface area contributed by atoms with Gasteiger partial charge in [0.05, 0.1) is 13.7 Å². The first kappa shape index (κ1) is 18.3. The number of rotatable bonds is 4. The minimum atomic E-state index is 0.296. The monoisotopic (exact) mass is 386 g/mol. The lowest BCUT2D eigenvalue weighted by Gasteiger charge is -2.37. The van der Waals surface area contributed by atoms with E-state index in [1.165, 1.54) is 21.0 Å². The molecule has 4 rings (SSSR count). The van der Waals surface area contributed by atoms with Crippen LogP contribution in [0.3, 0.4) is 0 Å². The van der Waals surface area contributed by atoms with Gasteiger partial charge in [0.25, 0.3) is 5.91 Å². The number of hydrogen-bond acceptors (Lipinski definition) is 4. The van der Waals surface area contributed by atoms with Gasteiger partial charge >= 0.3 is 0 Å². The van der Waals surface area contributed by atoms with E-state index in [0.717, 1.165) is 44.9 Å². The van der Waals surface area contributed by atoms with E-state index in [9.17, 15) is 4.79 Å². The Morgan fingerprint density at radius 2 is 1.93 bits per heavy atom. The molecule has 0 aliphatic carbocycles. The number of nitrogens with zero attached hydrogens (tertiary/aromatic N) is 2. The second-order valence-electron chi connectivity index (χ2n) is 7.42. The summed E-state index contributed by atoms with van der Waals surface area (Å²) in [4.78, 5) is 20.2. The Hall–Kier alpha value is -2.05. The predicted molar refractivity (Wildman–Crippen MR) is 109 cm³/mol. The Kier molecular flexibility index (Phi) is 5.36. The summed E-state index contributed by atoms with van der Waals surface area (Å²) in [7, 11) is 1.68. The van der Waals surface area contributed by atoms with E-state index in [1.54, 1.807) is 7.11 Å². The van der Waals surface area contributed by atoms with Gasteiger partial charge in [0.15, 0.2) is 6.54 Å². The van der Waals surface area contributed by atoms with Crippen LogP contribution >= 0.6 is 11.3 Å². The Balaban J connectivity index is 1.31. The summed E-state index contributed by atoms with van der Waals surface area (Å²) in [5.41, 5.74) is 2.64. The van der Waals surface area contributed by atoms with Gasteiger partial charge in [-0.3, -0.25) is 4.79 Å². The Labute approximate surface area is 165 Å². The summed E-state index contributed by atoms with van der Waals surface area (Å²) >= 11 is 1.86. The summed E-state index contributed by atoms with van der Waals surface area (Å²) < 4.78 is 5.23. The average molecular weight is 387 g/mol. The Morgan fingerprint density at radius 1 is 1.19 bits per heavy atom. The van der Waals surface area contributed by atoms with Crippen molar-refractivity contribution in [1.29, 1.82) is 0 Å². The molecule has 1 fully saturated rings. The summed E-state index contributed by atoms with van der Waals surface area (Å²) in [5, 5.41) is 2.18. The van der Waals surface area contributed by atoms with Gasteiger partial charge < -0.3 is 19.4 Å². The predicted octanol–water partition coefficient (Wildman–Crippen LogP) is 1.61. The number of piperazine rings is 1. The number of hydrogen-bond donors (Lipinski definition) is 1. The van der Waals surface area contributed by atoms with Crippen molar-refractivity contribution in [1.82, 2.24) is 4.90 Å². The maximum absolute atomic E-state index is 12.9.